The minimum Gasteiger partial charge on any atom is -0.488 e. The van der Waals surface area contributed by atoms with Crippen molar-refractivity contribution < 1.29 is 9.13 Å². The van der Waals surface area contributed by atoms with Gasteiger partial charge in [-0.15, -0.1) is 0 Å². The average Bonchev–Trinajstić information content (AvgIpc) is 2.16. The van der Waals surface area contributed by atoms with Gasteiger partial charge in [-0.05, 0) is 51.8 Å². The lowest BCUT2D eigenvalue weighted by Gasteiger charge is -2.23. The van der Waals surface area contributed by atoms with Crippen LogP contribution in [-0.4, -0.2) is 5.60 Å². The first kappa shape index (κ1) is 13.0. The number of alkyl halides is 1. The second kappa shape index (κ2) is 4.44. The number of rotatable bonds is 3. The Morgan fingerprint density at radius 3 is 1.94 bits per heavy atom. The lowest BCUT2D eigenvalue weighted by molar-refractivity contribution is 0.130. The first-order valence-electron chi connectivity index (χ1n) is 5.73. The van der Waals surface area contributed by atoms with Gasteiger partial charge < -0.3 is 4.74 Å². The largest absolute Gasteiger partial charge is 0.488 e. The molecule has 1 unspecified atom stereocenters. The van der Waals surface area contributed by atoms with Crippen LogP contribution in [0.2, 0.25) is 0 Å². The van der Waals surface area contributed by atoms with E-state index in [1.165, 1.54) is 0 Å². The lowest BCUT2D eigenvalue weighted by atomic mass is 9.95. The van der Waals surface area contributed by atoms with Gasteiger partial charge in [-0.1, -0.05) is 19.1 Å². The molecule has 0 bridgehead atoms. The van der Waals surface area contributed by atoms with E-state index in [4.69, 9.17) is 4.74 Å². The summed E-state index contributed by atoms with van der Waals surface area (Å²) in [5.74, 6) is 0.781. The monoisotopic (exact) mass is 224 g/mol. The Morgan fingerprint density at radius 1 is 1.06 bits per heavy atom. The predicted molar refractivity (Wildman–Crippen MR) is 65.6 cm³/mol. The molecule has 1 nitrogen and oxygen atoms in total. The molecule has 0 fully saturated rings. The summed E-state index contributed by atoms with van der Waals surface area (Å²) < 4.78 is 19.7. The molecule has 0 spiro atoms. The highest BCUT2D eigenvalue weighted by Gasteiger charge is 2.23. The Morgan fingerprint density at radius 2 is 1.56 bits per heavy atom. The molecule has 1 aromatic carbocycles. The second-order valence-electron chi connectivity index (χ2n) is 5.29. The Balaban J connectivity index is 2.84. The summed E-state index contributed by atoms with van der Waals surface area (Å²) >= 11 is 0. The quantitative estimate of drug-likeness (QED) is 0.736. The molecule has 2 heteroatoms. The standard InChI is InChI=1S/C14H21FO/c1-6-14(5,15)11-7-9-12(10-8-11)16-13(2,3)4/h7-10H,6H2,1-5H3. The van der Waals surface area contributed by atoms with Gasteiger partial charge in [0.2, 0.25) is 0 Å². The SMILES string of the molecule is CCC(C)(F)c1ccc(OC(C)(C)C)cc1. The van der Waals surface area contributed by atoms with E-state index in [0.717, 1.165) is 5.75 Å². The second-order valence-corrected chi connectivity index (χ2v) is 5.29. The molecule has 90 valence electrons. The molecule has 1 atom stereocenters. The smallest absolute Gasteiger partial charge is 0.133 e. The summed E-state index contributed by atoms with van der Waals surface area (Å²) in [5, 5.41) is 0. The van der Waals surface area contributed by atoms with Gasteiger partial charge >= 0.3 is 0 Å². The van der Waals surface area contributed by atoms with Crippen molar-refractivity contribution in [2.45, 2.75) is 52.3 Å². The molecule has 0 heterocycles. The fraction of sp³-hybridized carbons (Fsp3) is 0.571. The molecule has 1 aromatic rings. The van der Waals surface area contributed by atoms with E-state index < -0.39 is 5.67 Å². The van der Waals surface area contributed by atoms with E-state index in [-0.39, 0.29) is 5.60 Å². The van der Waals surface area contributed by atoms with Crippen molar-refractivity contribution in [3.05, 3.63) is 29.8 Å². The number of benzene rings is 1. The molecule has 0 aromatic heterocycles. The van der Waals surface area contributed by atoms with Gasteiger partial charge in [-0.2, -0.15) is 0 Å². The maximum absolute atomic E-state index is 14.0. The van der Waals surface area contributed by atoms with Crippen LogP contribution in [0.1, 0.15) is 46.6 Å². The van der Waals surface area contributed by atoms with E-state index in [1.54, 1.807) is 19.1 Å². The third-order valence-electron chi connectivity index (χ3n) is 2.54. The van der Waals surface area contributed by atoms with Crippen LogP contribution in [0.4, 0.5) is 4.39 Å². The highest BCUT2D eigenvalue weighted by Crippen LogP contribution is 2.30. The summed E-state index contributed by atoms with van der Waals surface area (Å²) in [6.07, 6.45) is 0.479. The molecule has 0 amide bonds. The maximum atomic E-state index is 14.0. The Bertz CT molecular complexity index is 333. The molecule has 0 aliphatic rings. The van der Waals surface area contributed by atoms with Crippen LogP contribution in [-0.2, 0) is 5.67 Å². The zero-order valence-corrected chi connectivity index (χ0v) is 10.8. The summed E-state index contributed by atoms with van der Waals surface area (Å²) in [7, 11) is 0. The lowest BCUT2D eigenvalue weighted by Crippen LogP contribution is -2.23. The highest BCUT2D eigenvalue weighted by atomic mass is 19.1. The molecule has 0 N–H and O–H groups in total. The highest BCUT2D eigenvalue weighted by molar-refractivity contribution is 5.30. The molecule has 1 rings (SSSR count). The fourth-order valence-electron chi connectivity index (χ4n) is 1.43. The first-order chi connectivity index (χ1) is 7.24. The van der Waals surface area contributed by atoms with Gasteiger partial charge in [0.15, 0.2) is 0 Å². The van der Waals surface area contributed by atoms with E-state index in [2.05, 4.69) is 0 Å². The summed E-state index contributed by atoms with van der Waals surface area (Å²) in [6, 6.07) is 7.25. The number of halogens is 1. The van der Waals surface area contributed by atoms with Crippen LogP contribution in [0.15, 0.2) is 24.3 Å². The Labute approximate surface area is 97.6 Å². The van der Waals surface area contributed by atoms with Crippen LogP contribution < -0.4 is 4.74 Å². The zero-order valence-electron chi connectivity index (χ0n) is 10.8. The van der Waals surface area contributed by atoms with Crippen LogP contribution >= 0.6 is 0 Å². The van der Waals surface area contributed by atoms with Gasteiger partial charge in [-0.25, -0.2) is 4.39 Å². The summed E-state index contributed by atoms with van der Waals surface area (Å²) in [6.45, 7) is 9.43. The van der Waals surface area contributed by atoms with Gasteiger partial charge in [0.05, 0.1) is 0 Å². The van der Waals surface area contributed by atoms with Crippen molar-refractivity contribution in [1.82, 2.24) is 0 Å². The third-order valence-corrected chi connectivity index (χ3v) is 2.54. The van der Waals surface area contributed by atoms with Crippen molar-refractivity contribution in [2.75, 3.05) is 0 Å². The molecule has 0 aliphatic heterocycles. The molecule has 16 heavy (non-hydrogen) atoms. The van der Waals surface area contributed by atoms with Gasteiger partial charge in [0.25, 0.3) is 0 Å². The number of hydrogen-bond acceptors (Lipinski definition) is 1. The fourth-order valence-corrected chi connectivity index (χ4v) is 1.43. The zero-order chi connectivity index (χ0) is 12.4. The Hall–Kier alpha value is -1.05. The van der Waals surface area contributed by atoms with E-state index in [1.807, 2.05) is 39.8 Å². The summed E-state index contributed by atoms with van der Waals surface area (Å²) in [5.41, 5.74) is -0.762. The molecular weight excluding hydrogens is 203 g/mol. The molecule has 0 radical (unpaired) electrons. The molecule has 0 saturated carbocycles. The van der Waals surface area contributed by atoms with E-state index in [0.29, 0.717) is 12.0 Å². The molecule has 0 aliphatic carbocycles. The third kappa shape index (κ3) is 3.51. The van der Waals surface area contributed by atoms with Gasteiger partial charge in [0.1, 0.15) is 17.0 Å². The van der Waals surface area contributed by atoms with Crippen molar-refractivity contribution in [1.29, 1.82) is 0 Å². The molecule has 0 saturated heterocycles. The summed E-state index contributed by atoms with van der Waals surface area (Å²) in [4.78, 5) is 0. The van der Waals surface area contributed by atoms with Crippen molar-refractivity contribution in [3.8, 4) is 5.75 Å². The number of hydrogen-bond donors (Lipinski definition) is 0. The minimum absolute atomic E-state index is 0.217. The van der Waals surface area contributed by atoms with Crippen LogP contribution in [0, 0.1) is 0 Å². The van der Waals surface area contributed by atoms with Gasteiger partial charge in [-0.3, -0.25) is 0 Å². The number of ether oxygens (including phenoxy) is 1. The first-order valence-corrected chi connectivity index (χ1v) is 5.73. The predicted octanol–water partition coefficient (Wildman–Crippen LogP) is 4.46. The maximum Gasteiger partial charge on any atom is 0.133 e. The van der Waals surface area contributed by atoms with Crippen LogP contribution in [0.3, 0.4) is 0 Å². The van der Waals surface area contributed by atoms with Crippen LogP contribution in [0.25, 0.3) is 0 Å². The minimum atomic E-state index is -1.25. The van der Waals surface area contributed by atoms with Gasteiger partial charge in [0, 0.05) is 0 Å². The molecular formula is C14H21FO. The average molecular weight is 224 g/mol. The van der Waals surface area contributed by atoms with Crippen molar-refractivity contribution in [2.24, 2.45) is 0 Å². The van der Waals surface area contributed by atoms with E-state index in [9.17, 15) is 4.39 Å². The van der Waals surface area contributed by atoms with Crippen LogP contribution in [0.5, 0.6) is 5.75 Å². The van der Waals surface area contributed by atoms with E-state index >= 15 is 0 Å². The van der Waals surface area contributed by atoms with Crippen molar-refractivity contribution in [3.63, 3.8) is 0 Å². The Kier molecular flexibility index (Phi) is 3.61. The van der Waals surface area contributed by atoms with Crippen molar-refractivity contribution >= 4 is 0 Å². The topological polar surface area (TPSA) is 9.23 Å². The normalized spacial score (nSPS) is 15.6.